The fraction of sp³-hybridized carbons (Fsp3) is 0.500. The molecule has 4 heterocycles. The lowest BCUT2D eigenvalue weighted by molar-refractivity contribution is -0.0417. The Morgan fingerprint density at radius 1 is 0.636 bits per heavy atom. The van der Waals surface area contributed by atoms with Crippen molar-refractivity contribution < 1.29 is 23.7 Å². The number of epoxide rings is 4. The zero-order valence-electron chi connectivity index (χ0n) is 17.6. The Hall–Kier alpha value is -0.600. The minimum absolute atomic E-state index is 0.150. The molecular formula is C24H22Cl4O5. The van der Waals surface area contributed by atoms with E-state index in [1.165, 1.54) is 0 Å². The minimum Gasteiger partial charge on any atom is -0.373 e. The molecule has 6 unspecified atom stereocenters. The molecule has 0 bridgehead atoms. The van der Waals surface area contributed by atoms with Gasteiger partial charge in [-0.05, 0) is 35.4 Å². The average molecular weight is 532 g/mol. The predicted molar refractivity (Wildman–Crippen MR) is 126 cm³/mol. The molecule has 4 saturated heterocycles. The summed E-state index contributed by atoms with van der Waals surface area (Å²) in [5, 5.41) is 2.19. The molecule has 0 spiro atoms. The molecule has 0 saturated carbocycles. The zero-order chi connectivity index (χ0) is 22.7. The minimum atomic E-state index is -0.475. The summed E-state index contributed by atoms with van der Waals surface area (Å²) in [5.74, 6) is 0. The van der Waals surface area contributed by atoms with Gasteiger partial charge >= 0.3 is 0 Å². The van der Waals surface area contributed by atoms with Crippen molar-refractivity contribution in [3.63, 3.8) is 0 Å². The Morgan fingerprint density at radius 2 is 0.970 bits per heavy atom. The molecule has 0 aliphatic carbocycles. The Labute approximate surface area is 212 Å². The first kappa shape index (κ1) is 22.8. The van der Waals surface area contributed by atoms with Gasteiger partial charge in [-0.25, -0.2) is 0 Å². The van der Waals surface area contributed by atoms with Crippen LogP contribution in [0.5, 0.6) is 0 Å². The van der Waals surface area contributed by atoms with Gasteiger partial charge in [-0.15, -0.1) is 0 Å². The summed E-state index contributed by atoms with van der Waals surface area (Å²) < 4.78 is 28.5. The molecule has 4 aliphatic heterocycles. The first-order chi connectivity index (χ1) is 16.0. The second kappa shape index (κ2) is 9.12. The summed E-state index contributed by atoms with van der Waals surface area (Å²) in [4.78, 5) is 0. The largest absolute Gasteiger partial charge is 0.373 e. The fourth-order valence-electron chi connectivity index (χ4n) is 4.25. The number of hydrogen-bond donors (Lipinski definition) is 0. The SMILES string of the molecule is Clc1cc(CC2CO2)cc(Cl)c1C(OC(c1c(Cl)cc(CC2CO2)cc1Cl)C1CO1)C1CO1. The molecule has 2 aromatic rings. The molecule has 176 valence electrons. The van der Waals surface area contributed by atoms with Crippen LogP contribution in [0.4, 0.5) is 0 Å². The van der Waals surface area contributed by atoms with Crippen molar-refractivity contribution in [2.75, 3.05) is 26.4 Å². The Bertz CT molecular complexity index is 933. The Morgan fingerprint density at radius 3 is 1.24 bits per heavy atom. The lowest BCUT2D eigenvalue weighted by Crippen LogP contribution is -2.20. The fourth-order valence-corrected chi connectivity index (χ4v) is 5.75. The highest BCUT2D eigenvalue weighted by molar-refractivity contribution is 6.36. The van der Waals surface area contributed by atoms with Gasteiger partial charge in [0, 0.05) is 44.1 Å². The van der Waals surface area contributed by atoms with Gasteiger partial charge < -0.3 is 23.7 Å². The third kappa shape index (κ3) is 5.32. The highest BCUT2D eigenvalue weighted by atomic mass is 35.5. The summed E-state index contributed by atoms with van der Waals surface area (Å²) >= 11 is 26.8. The molecule has 4 aliphatic rings. The summed E-state index contributed by atoms with van der Waals surface area (Å²) in [7, 11) is 0. The van der Waals surface area contributed by atoms with E-state index >= 15 is 0 Å². The smallest absolute Gasteiger partial charge is 0.115 e. The second-order valence-corrected chi connectivity index (χ2v) is 10.6. The number of hydrogen-bond acceptors (Lipinski definition) is 5. The summed E-state index contributed by atoms with van der Waals surface area (Å²) in [6.07, 6.45) is 0.814. The van der Waals surface area contributed by atoms with Crippen LogP contribution in [-0.2, 0) is 36.5 Å². The van der Waals surface area contributed by atoms with Crippen LogP contribution in [0.1, 0.15) is 34.5 Å². The van der Waals surface area contributed by atoms with E-state index in [-0.39, 0.29) is 24.4 Å². The maximum Gasteiger partial charge on any atom is 0.115 e. The third-order valence-corrected chi connectivity index (χ3v) is 7.52. The molecule has 33 heavy (non-hydrogen) atoms. The quantitative estimate of drug-likeness (QED) is 0.364. The van der Waals surface area contributed by atoms with Gasteiger partial charge in [0.1, 0.15) is 24.4 Å². The Balaban J connectivity index is 1.30. The summed E-state index contributed by atoms with van der Waals surface area (Å²) in [6.45, 7) is 2.68. The van der Waals surface area contributed by atoms with Crippen molar-refractivity contribution >= 4 is 46.4 Å². The van der Waals surface area contributed by atoms with Crippen LogP contribution in [0.25, 0.3) is 0 Å². The second-order valence-electron chi connectivity index (χ2n) is 8.99. The van der Waals surface area contributed by atoms with E-state index in [2.05, 4.69) is 0 Å². The first-order valence-electron chi connectivity index (χ1n) is 11.0. The van der Waals surface area contributed by atoms with Gasteiger partial charge in [0.05, 0.1) is 38.6 Å². The Kier molecular flexibility index (Phi) is 6.31. The summed E-state index contributed by atoms with van der Waals surface area (Å²) in [5.41, 5.74) is 3.49. The normalized spacial score (nSPS) is 29.0. The zero-order valence-corrected chi connectivity index (χ0v) is 20.6. The van der Waals surface area contributed by atoms with Gasteiger partial charge in [0.25, 0.3) is 0 Å². The highest BCUT2D eigenvalue weighted by Crippen LogP contribution is 2.47. The molecule has 2 aromatic carbocycles. The first-order valence-corrected chi connectivity index (χ1v) is 12.5. The van der Waals surface area contributed by atoms with E-state index in [0.717, 1.165) is 37.2 Å². The van der Waals surface area contributed by atoms with Crippen LogP contribution < -0.4 is 0 Å². The molecule has 5 nitrogen and oxygen atoms in total. The van der Waals surface area contributed by atoms with E-state index in [1.54, 1.807) is 0 Å². The van der Waals surface area contributed by atoms with Gasteiger partial charge in [0.15, 0.2) is 0 Å². The van der Waals surface area contributed by atoms with Gasteiger partial charge in [0.2, 0.25) is 0 Å². The van der Waals surface area contributed by atoms with Gasteiger partial charge in [-0.2, -0.15) is 0 Å². The van der Waals surface area contributed by atoms with Crippen LogP contribution in [0.2, 0.25) is 20.1 Å². The van der Waals surface area contributed by atoms with Crippen molar-refractivity contribution in [3.8, 4) is 0 Å². The van der Waals surface area contributed by atoms with Gasteiger partial charge in [-0.3, -0.25) is 0 Å². The van der Waals surface area contributed by atoms with Crippen molar-refractivity contribution in [1.82, 2.24) is 0 Å². The van der Waals surface area contributed by atoms with E-state index in [4.69, 9.17) is 70.1 Å². The molecule has 4 fully saturated rings. The number of halogens is 4. The van der Waals surface area contributed by atoms with Gasteiger partial charge in [-0.1, -0.05) is 46.4 Å². The van der Waals surface area contributed by atoms with E-state index in [1.807, 2.05) is 24.3 Å². The molecular weight excluding hydrogens is 510 g/mol. The third-order valence-electron chi connectivity index (χ3n) is 6.27. The highest BCUT2D eigenvalue weighted by Gasteiger charge is 2.45. The maximum absolute atomic E-state index is 6.71. The van der Waals surface area contributed by atoms with Crippen molar-refractivity contribution in [1.29, 1.82) is 0 Å². The van der Waals surface area contributed by atoms with Crippen molar-refractivity contribution in [2.45, 2.75) is 49.5 Å². The number of benzene rings is 2. The van der Waals surface area contributed by atoms with Crippen LogP contribution in [0, 0.1) is 0 Å². The van der Waals surface area contributed by atoms with E-state index < -0.39 is 12.2 Å². The molecule has 0 aromatic heterocycles. The van der Waals surface area contributed by atoms with E-state index in [9.17, 15) is 0 Å². The predicted octanol–water partition coefficient (Wildman–Crippen LogP) is 5.78. The van der Waals surface area contributed by atoms with Crippen LogP contribution in [0.15, 0.2) is 24.3 Å². The molecule has 6 atom stereocenters. The monoisotopic (exact) mass is 530 g/mol. The molecule has 0 radical (unpaired) electrons. The van der Waals surface area contributed by atoms with E-state index in [0.29, 0.717) is 44.4 Å². The van der Waals surface area contributed by atoms with Crippen LogP contribution in [-0.4, -0.2) is 50.8 Å². The van der Waals surface area contributed by atoms with Crippen molar-refractivity contribution in [2.24, 2.45) is 0 Å². The summed E-state index contributed by atoms with van der Waals surface area (Å²) in [6, 6.07) is 7.72. The average Bonchev–Trinajstić information content (AvgIpc) is 3.59. The molecule has 0 N–H and O–H groups in total. The molecule has 6 rings (SSSR count). The number of ether oxygens (including phenoxy) is 5. The standard InChI is InChI=1S/C24H22Cl4O5/c25-15-3-11(1-13-7-29-13)4-16(26)21(15)23(19-9-31-19)33-24(20-10-32-20)22-17(27)5-12(6-18(22)28)2-14-8-30-14/h3-6,13-14,19-20,23-24H,1-2,7-10H2. The lowest BCUT2D eigenvalue weighted by atomic mass is 9.99. The number of rotatable bonds is 10. The lowest BCUT2D eigenvalue weighted by Gasteiger charge is -2.27. The maximum atomic E-state index is 6.71. The topological polar surface area (TPSA) is 59.4 Å². The van der Waals surface area contributed by atoms with Crippen LogP contribution >= 0.6 is 46.4 Å². The molecule has 0 amide bonds. The van der Waals surface area contributed by atoms with Crippen LogP contribution in [0.3, 0.4) is 0 Å². The molecule has 9 heteroatoms. The van der Waals surface area contributed by atoms with Crippen molar-refractivity contribution in [3.05, 3.63) is 66.6 Å².